The molecule has 136 valence electrons. The van der Waals surface area contributed by atoms with Crippen molar-refractivity contribution in [2.24, 2.45) is 0 Å². The van der Waals surface area contributed by atoms with Gasteiger partial charge in [0.15, 0.2) is 5.16 Å². The Labute approximate surface area is 161 Å². The van der Waals surface area contributed by atoms with Crippen LogP contribution in [0.25, 0.3) is 22.4 Å². The third-order valence-electron chi connectivity index (χ3n) is 5.26. The fraction of sp³-hybridized carbons (Fsp3) is 0.286. The molecular formula is C21H20N4OS. The molecule has 4 aromatic rings. The number of aromatic nitrogens is 4. The van der Waals surface area contributed by atoms with Gasteiger partial charge in [-0.1, -0.05) is 54.4 Å². The average Bonchev–Trinajstić information content (AvgIpc) is 3.34. The Hall–Kier alpha value is -2.60. The zero-order valence-corrected chi connectivity index (χ0v) is 15.9. The van der Waals surface area contributed by atoms with Crippen LogP contribution in [-0.4, -0.2) is 24.4 Å². The molecule has 0 bridgehead atoms. The summed E-state index contributed by atoms with van der Waals surface area (Å²) in [5.74, 6) is 0.572. The van der Waals surface area contributed by atoms with Crippen molar-refractivity contribution in [1.29, 1.82) is 0 Å². The first-order valence-corrected chi connectivity index (χ1v) is 10.2. The maximum Gasteiger partial charge on any atom is 0.267 e. The lowest BCUT2D eigenvalue weighted by Crippen LogP contribution is -2.21. The molecule has 2 heterocycles. The minimum atomic E-state index is -0.0632. The highest BCUT2D eigenvalue weighted by atomic mass is 32.2. The Bertz CT molecular complexity index is 1190. The molecule has 0 aliphatic heterocycles. The van der Waals surface area contributed by atoms with E-state index in [0.29, 0.717) is 16.4 Å². The Morgan fingerprint density at radius 2 is 1.74 bits per heavy atom. The summed E-state index contributed by atoms with van der Waals surface area (Å²) in [6.45, 7) is 2.04. The third-order valence-corrected chi connectivity index (χ3v) is 6.54. The van der Waals surface area contributed by atoms with Crippen LogP contribution < -0.4 is 5.56 Å². The summed E-state index contributed by atoms with van der Waals surface area (Å²) in [4.78, 5) is 13.3. The lowest BCUT2D eigenvalue weighted by atomic mass is 10.2. The van der Waals surface area contributed by atoms with Crippen LogP contribution in [0.5, 0.6) is 0 Å². The van der Waals surface area contributed by atoms with Gasteiger partial charge in [-0.25, -0.2) is 4.57 Å². The molecule has 1 fully saturated rings. The van der Waals surface area contributed by atoms with Crippen LogP contribution in [0.1, 0.15) is 31.2 Å². The molecule has 5 rings (SSSR count). The standard InChI is InChI=1S/C21H20N4OS/c1-14-10-12-15(13-11-14)24-19(26)17-8-4-5-9-18(17)25-20(24)22-23-21(25)27-16-6-2-3-7-16/h4-5,8-13,16H,2-3,6-7H2,1H3. The van der Waals surface area contributed by atoms with Crippen LogP contribution in [0.4, 0.5) is 0 Å². The summed E-state index contributed by atoms with van der Waals surface area (Å²) in [5.41, 5.74) is 2.77. The largest absolute Gasteiger partial charge is 0.268 e. The quantitative estimate of drug-likeness (QED) is 0.533. The lowest BCUT2D eigenvalue weighted by molar-refractivity contribution is 0.875. The van der Waals surface area contributed by atoms with Gasteiger partial charge in [0.05, 0.1) is 16.6 Å². The molecule has 0 spiro atoms. The van der Waals surface area contributed by atoms with E-state index in [9.17, 15) is 4.79 Å². The van der Waals surface area contributed by atoms with Gasteiger partial charge in [0.2, 0.25) is 5.78 Å². The molecule has 0 amide bonds. The second kappa shape index (κ2) is 6.53. The molecule has 0 saturated heterocycles. The number of benzene rings is 2. The highest BCUT2D eigenvalue weighted by Gasteiger charge is 2.22. The van der Waals surface area contributed by atoms with Crippen molar-refractivity contribution in [3.8, 4) is 5.69 Å². The molecule has 0 N–H and O–H groups in total. The number of rotatable bonds is 3. The first kappa shape index (κ1) is 16.6. The summed E-state index contributed by atoms with van der Waals surface area (Å²) in [6, 6.07) is 15.7. The molecule has 0 atom stereocenters. The lowest BCUT2D eigenvalue weighted by Gasteiger charge is -2.12. The number of para-hydroxylation sites is 1. The molecule has 1 saturated carbocycles. The molecule has 6 heteroatoms. The van der Waals surface area contributed by atoms with E-state index in [1.807, 2.05) is 59.9 Å². The van der Waals surface area contributed by atoms with Crippen molar-refractivity contribution >= 4 is 28.4 Å². The zero-order valence-electron chi connectivity index (χ0n) is 15.1. The van der Waals surface area contributed by atoms with Crippen LogP contribution in [0, 0.1) is 6.92 Å². The van der Waals surface area contributed by atoms with Gasteiger partial charge in [0, 0.05) is 5.25 Å². The minimum Gasteiger partial charge on any atom is -0.268 e. The predicted octanol–water partition coefficient (Wildman–Crippen LogP) is 4.38. The van der Waals surface area contributed by atoms with E-state index in [1.54, 1.807) is 16.3 Å². The monoisotopic (exact) mass is 376 g/mol. The number of hydrogen-bond acceptors (Lipinski definition) is 4. The normalized spacial score (nSPS) is 15.1. The molecule has 2 aromatic carbocycles. The number of thioether (sulfide) groups is 1. The number of aryl methyl sites for hydroxylation is 1. The number of nitrogens with zero attached hydrogens (tertiary/aromatic N) is 4. The van der Waals surface area contributed by atoms with Crippen molar-refractivity contribution in [1.82, 2.24) is 19.2 Å². The van der Waals surface area contributed by atoms with Crippen LogP contribution in [0.3, 0.4) is 0 Å². The van der Waals surface area contributed by atoms with E-state index in [0.717, 1.165) is 21.9 Å². The van der Waals surface area contributed by atoms with E-state index in [-0.39, 0.29) is 5.56 Å². The third kappa shape index (κ3) is 2.75. The van der Waals surface area contributed by atoms with Gasteiger partial charge in [-0.3, -0.25) is 9.20 Å². The Balaban J connectivity index is 1.81. The Kier molecular flexibility index (Phi) is 4.01. The second-order valence-corrected chi connectivity index (χ2v) is 8.40. The van der Waals surface area contributed by atoms with Crippen molar-refractivity contribution < 1.29 is 0 Å². The molecule has 1 aliphatic rings. The van der Waals surface area contributed by atoms with Gasteiger partial charge in [0.25, 0.3) is 5.56 Å². The van der Waals surface area contributed by atoms with Crippen molar-refractivity contribution in [2.75, 3.05) is 0 Å². The fourth-order valence-electron chi connectivity index (χ4n) is 3.84. The average molecular weight is 376 g/mol. The van der Waals surface area contributed by atoms with Crippen LogP contribution >= 0.6 is 11.8 Å². The number of fused-ring (bicyclic) bond motifs is 3. The van der Waals surface area contributed by atoms with Gasteiger partial charge >= 0.3 is 0 Å². The van der Waals surface area contributed by atoms with E-state index < -0.39 is 0 Å². The van der Waals surface area contributed by atoms with Gasteiger partial charge in [-0.2, -0.15) is 0 Å². The molecule has 2 aromatic heterocycles. The zero-order chi connectivity index (χ0) is 18.4. The van der Waals surface area contributed by atoms with E-state index >= 15 is 0 Å². The first-order valence-electron chi connectivity index (χ1n) is 9.35. The van der Waals surface area contributed by atoms with E-state index in [4.69, 9.17) is 0 Å². The highest BCUT2D eigenvalue weighted by Crippen LogP contribution is 2.34. The van der Waals surface area contributed by atoms with Crippen LogP contribution in [0.2, 0.25) is 0 Å². The maximum atomic E-state index is 13.3. The smallest absolute Gasteiger partial charge is 0.267 e. The Morgan fingerprint density at radius 3 is 2.52 bits per heavy atom. The van der Waals surface area contributed by atoms with Crippen LogP contribution in [0.15, 0.2) is 58.5 Å². The second-order valence-electron chi connectivity index (χ2n) is 7.14. The topological polar surface area (TPSA) is 52.2 Å². The molecule has 0 unspecified atom stereocenters. The van der Waals surface area contributed by atoms with Crippen molar-refractivity contribution in [2.45, 2.75) is 43.0 Å². The predicted molar refractivity (Wildman–Crippen MR) is 109 cm³/mol. The minimum absolute atomic E-state index is 0.0632. The van der Waals surface area contributed by atoms with E-state index in [2.05, 4.69) is 10.2 Å². The van der Waals surface area contributed by atoms with Crippen LogP contribution in [-0.2, 0) is 0 Å². The summed E-state index contributed by atoms with van der Waals surface area (Å²) >= 11 is 1.79. The first-order chi connectivity index (χ1) is 13.2. The van der Waals surface area contributed by atoms with Crippen molar-refractivity contribution in [3.63, 3.8) is 0 Å². The Morgan fingerprint density at radius 1 is 1.00 bits per heavy atom. The van der Waals surface area contributed by atoms with Gasteiger partial charge in [0.1, 0.15) is 0 Å². The molecule has 5 nitrogen and oxygen atoms in total. The molecule has 0 radical (unpaired) electrons. The molecular weight excluding hydrogens is 356 g/mol. The van der Waals surface area contributed by atoms with Gasteiger partial charge in [-0.05, 0) is 44.0 Å². The summed E-state index contributed by atoms with van der Waals surface area (Å²) in [7, 11) is 0. The fourth-order valence-corrected chi connectivity index (χ4v) is 5.08. The highest BCUT2D eigenvalue weighted by molar-refractivity contribution is 7.99. The molecule has 27 heavy (non-hydrogen) atoms. The SMILES string of the molecule is Cc1ccc(-n2c(=O)c3ccccc3n3c(SC4CCCC4)nnc23)cc1. The summed E-state index contributed by atoms with van der Waals surface area (Å²) < 4.78 is 3.72. The van der Waals surface area contributed by atoms with Gasteiger partial charge < -0.3 is 0 Å². The summed E-state index contributed by atoms with van der Waals surface area (Å²) in [5, 5.41) is 11.0. The molecule has 1 aliphatic carbocycles. The maximum absolute atomic E-state index is 13.3. The van der Waals surface area contributed by atoms with E-state index in [1.165, 1.54) is 25.7 Å². The number of hydrogen-bond donors (Lipinski definition) is 0. The van der Waals surface area contributed by atoms with Gasteiger partial charge in [-0.15, -0.1) is 10.2 Å². The van der Waals surface area contributed by atoms with Crippen molar-refractivity contribution in [3.05, 3.63) is 64.4 Å². The summed E-state index contributed by atoms with van der Waals surface area (Å²) in [6.07, 6.45) is 5.00.